The van der Waals surface area contributed by atoms with Gasteiger partial charge in [0.05, 0.1) is 0 Å². The molecule has 0 aromatic heterocycles. The van der Waals surface area contributed by atoms with Gasteiger partial charge in [0.15, 0.2) is 0 Å². The number of hydrogen-bond donors (Lipinski definition) is 0. The molecular formula is C49H38OS3. The number of ether oxygens (including phenoxy) is 1. The summed E-state index contributed by atoms with van der Waals surface area (Å²) in [6, 6.07) is 75.8. The highest BCUT2D eigenvalue weighted by molar-refractivity contribution is 8.33. The second-order valence-corrected chi connectivity index (χ2v) is 18.3. The predicted molar refractivity (Wildman–Crippen MR) is 226 cm³/mol. The summed E-state index contributed by atoms with van der Waals surface area (Å²) in [6.45, 7) is 0. The molecule has 0 bridgehead atoms. The summed E-state index contributed by atoms with van der Waals surface area (Å²) < 4.78 is 6.17. The van der Waals surface area contributed by atoms with E-state index >= 15 is 0 Å². The lowest BCUT2D eigenvalue weighted by Crippen LogP contribution is -2.02. The number of benzene rings is 8. The molecule has 0 aliphatic rings. The third-order valence-corrected chi connectivity index (χ3v) is 14.9. The van der Waals surface area contributed by atoms with Crippen molar-refractivity contribution in [2.45, 2.75) is 34.3 Å². The van der Waals surface area contributed by atoms with Gasteiger partial charge in [0.25, 0.3) is 0 Å². The van der Waals surface area contributed by atoms with Crippen molar-refractivity contribution < 1.29 is 4.74 Å². The minimum atomic E-state index is -1.59. The van der Waals surface area contributed by atoms with Gasteiger partial charge in [0.2, 0.25) is 0 Å². The first kappa shape index (κ1) is 34.7. The molecule has 0 amide bonds. The fraction of sp³-hybridized carbons (Fsp3) is 0.0204. The predicted octanol–water partition coefficient (Wildman–Crippen LogP) is 15.0. The molecule has 0 heterocycles. The Bertz CT molecular complexity index is 2230. The lowest BCUT2D eigenvalue weighted by atomic mass is 10.1. The average molecular weight is 739 g/mol. The summed E-state index contributed by atoms with van der Waals surface area (Å²) in [6.07, 6.45) is 2.41. The van der Waals surface area contributed by atoms with E-state index in [4.69, 9.17) is 4.74 Å². The van der Waals surface area contributed by atoms with Crippen molar-refractivity contribution in [3.63, 3.8) is 0 Å². The second-order valence-electron chi connectivity index (χ2n) is 12.7. The van der Waals surface area contributed by atoms with Gasteiger partial charge in [0, 0.05) is 19.6 Å². The van der Waals surface area contributed by atoms with Crippen molar-refractivity contribution in [3.05, 3.63) is 212 Å². The van der Waals surface area contributed by atoms with Crippen LogP contribution in [0.5, 0.6) is 11.5 Å². The Labute approximate surface area is 323 Å². The SMILES string of the molecule is CS(c1ccc(Oc2ccccc2)cc1)(c1ccc(Sc2ccc(-c3ccccc3)cc2)cc1)c1ccc(Sc2ccc(-c3ccccc3)cc2)cc1. The fourth-order valence-corrected chi connectivity index (χ4v) is 10.8. The molecule has 0 saturated heterocycles. The molecule has 258 valence electrons. The van der Waals surface area contributed by atoms with Crippen molar-refractivity contribution >= 4 is 33.6 Å². The smallest absolute Gasteiger partial charge is 0.127 e. The summed E-state index contributed by atoms with van der Waals surface area (Å²) in [5, 5.41) is 0. The zero-order chi connectivity index (χ0) is 35.9. The van der Waals surface area contributed by atoms with Crippen LogP contribution >= 0.6 is 33.6 Å². The zero-order valence-corrected chi connectivity index (χ0v) is 31.8. The third kappa shape index (κ3) is 8.16. The molecule has 0 aliphatic carbocycles. The molecule has 53 heavy (non-hydrogen) atoms. The Morgan fingerprint density at radius 3 is 0.962 bits per heavy atom. The van der Waals surface area contributed by atoms with Crippen LogP contribution < -0.4 is 4.74 Å². The largest absolute Gasteiger partial charge is 0.457 e. The first-order valence-corrected chi connectivity index (χ1v) is 21.3. The standard InChI is InChI=1S/C49H38OS3/c1-53(47-31-21-42(22-32-47)50-41-15-9-4-10-16-41,48-33-27-45(28-34-48)51-43-23-17-39(18-24-43)37-11-5-2-6-12-37)49-35-29-46(30-36-49)52-44-25-19-40(20-26-44)38-13-7-3-8-14-38/h2-36H,1H3. The molecule has 8 aromatic carbocycles. The molecule has 0 unspecified atom stereocenters. The van der Waals surface area contributed by atoms with Gasteiger partial charge in [-0.05, 0) is 152 Å². The van der Waals surface area contributed by atoms with E-state index in [0.29, 0.717) is 0 Å². The van der Waals surface area contributed by atoms with Gasteiger partial charge in [0.1, 0.15) is 11.5 Å². The first-order valence-electron chi connectivity index (χ1n) is 17.6. The summed E-state index contributed by atoms with van der Waals surface area (Å²) in [5.74, 6) is 1.66. The lowest BCUT2D eigenvalue weighted by Gasteiger charge is -2.38. The summed E-state index contributed by atoms with van der Waals surface area (Å²) in [7, 11) is -1.59. The van der Waals surface area contributed by atoms with Gasteiger partial charge in [-0.3, -0.25) is 0 Å². The monoisotopic (exact) mass is 738 g/mol. The molecule has 0 fully saturated rings. The van der Waals surface area contributed by atoms with Gasteiger partial charge in [-0.1, -0.05) is 127 Å². The van der Waals surface area contributed by atoms with Crippen LogP contribution in [0.3, 0.4) is 0 Å². The number of rotatable bonds is 11. The van der Waals surface area contributed by atoms with E-state index in [2.05, 4.69) is 188 Å². The second kappa shape index (κ2) is 16.1. The van der Waals surface area contributed by atoms with Gasteiger partial charge < -0.3 is 4.74 Å². The highest BCUT2D eigenvalue weighted by Gasteiger charge is 2.26. The fourth-order valence-electron chi connectivity index (χ4n) is 6.34. The third-order valence-electron chi connectivity index (χ3n) is 9.26. The highest BCUT2D eigenvalue weighted by Crippen LogP contribution is 2.66. The van der Waals surface area contributed by atoms with Gasteiger partial charge in [-0.2, -0.15) is 10.0 Å². The molecule has 0 N–H and O–H groups in total. The summed E-state index contributed by atoms with van der Waals surface area (Å²) in [5.41, 5.74) is 4.93. The highest BCUT2D eigenvalue weighted by atomic mass is 32.3. The minimum absolute atomic E-state index is 0.830. The molecule has 0 radical (unpaired) electrons. The maximum absolute atomic E-state index is 6.17. The molecule has 8 rings (SSSR count). The Morgan fingerprint density at radius 1 is 0.302 bits per heavy atom. The van der Waals surface area contributed by atoms with Crippen LogP contribution in [0.4, 0.5) is 0 Å². The summed E-state index contributed by atoms with van der Waals surface area (Å²) in [4.78, 5) is 8.81. The van der Waals surface area contributed by atoms with Crippen molar-refractivity contribution in [2.24, 2.45) is 0 Å². The normalized spacial score (nSPS) is 11.6. The molecule has 8 aromatic rings. The molecular weight excluding hydrogens is 701 g/mol. The van der Waals surface area contributed by atoms with Crippen LogP contribution in [0.15, 0.2) is 247 Å². The van der Waals surface area contributed by atoms with Crippen molar-refractivity contribution in [3.8, 4) is 33.8 Å². The topological polar surface area (TPSA) is 9.23 Å². The lowest BCUT2D eigenvalue weighted by molar-refractivity contribution is 0.482. The molecule has 0 spiro atoms. The molecule has 1 nitrogen and oxygen atoms in total. The van der Waals surface area contributed by atoms with Crippen molar-refractivity contribution in [1.29, 1.82) is 0 Å². The molecule has 0 saturated carbocycles. The number of hydrogen-bond acceptors (Lipinski definition) is 3. The van der Waals surface area contributed by atoms with E-state index in [0.717, 1.165) is 11.5 Å². The van der Waals surface area contributed by atoms with Gasteiger partial charge in [-0.25, -0.2) is 0 Å². The van der Waals surface area contributed by atoms with Crippen LogP contribution in [0.25, 0.3) is 22.3 Å². The van der Waals surface area contributed by atoms with E-state index in [1.165, 1.54) is 56.5 Å². The van der Waals surface area contributed by atoms with E-state index in [9.17, 15) is 0 Å². The van der Waals surface area contributed by atoms with Crippen molar-refractivity contribution in [1.82, 2.24) is 0 Å². The average Bonchev–Trinajstić information content (AvgIpc) is 3.23. The maximum Gasteiger partial charge on any atom is 0.127 e. The van der Waals surface area contributed by atoms with E-state index in [1.54, 1.807) is 23.5 Å². The Morgan fingerprint density at radius 2 is 0.585 bits per heavy atom. The summed E-state index contributed by atoms with van der Waals surface area (Å²) >= 11 is 3.60. The van der Waals surface area contributed by atoms with E-state index < -0.39 is 10.0 Å². The van der Waals surface area contributed by atoms with Crippen LogP contribution in [0.1, 0.15) is 0 Å². The minimum Gasteiger partial charge on any atom is -0.457 e. The van der Waals surface area contributed by atoms with Crippen LogP contribution in [0, 0.1) is 0 Å². The molecule has 4 heteroatoms. The van der Waals surface area contributed by atoms with Crippen LogP contribution in [0.2, 0.25) is 0 Å². The van der Waals surface area contributed by atoms with E-state index in [-0.39, 0.29) is 0 Å². The Balaban J connectivity index is 1.05. The van der Waals surface area contributed by atoms with Crippen molar-refractivity contribution in [2.75, 3.05) is 6.26 Å². The van der Waals surface area contributed by atoms with Crippen LogP contribution in [-0.4, -0.2) is 6.26 Å². The number of para-hydroxylation sites is 1. The first-order chi connectivity index (χ1) is 26.1. The molecule has 0 aliphatic heterocycles. The Hall–Kier alpha value is -5.39. The molecule has 0 atom stereocenters. The quantitative estimate of drug-likeness (QED) is 0.131. The van der Waals surface area contributed by atoms with Gasteiger partial charge >= 0.3 is 0 Å². The Kier molecular flexibility index (Phi) is 10.5. The van der Waals surface area contributed by atoms with Crippen LogP contribution in [-0.2, 0) is 0 Å². The van der Waals surface area contributed by atoms with E-state index in [1.807, 2.05) is 30.3 Å². The maximum atomic E-state index is 6.17. The zero-order valence-electron chi connectivity index (χ0n) is 29.3. The van der Waals surface area contributed by atoms with Gasteiger partial charge in [-0.15, -0.1) is 0 Å².